The smallest absolute Gasteiger partial charge is 0.264 e. The number of aryl methyl sites for hydroxylation is 1. The second-order valence-electron chi connectivity index (χ2n) is 7.24. The first-order chi connectivity index (χ1) is 15.3. The van der Waals surface area contributed by atoms with Crippen molar-refractivity contribution in [1.29, 1.82) is 0 Å². The largest absolute Gasteiger partial charge is 0.345 e. The maximum atomic E-state index is 13.1. The first-order valence-electron chi connectivity index (χ1n) is 9.80. The van der Waals surface area contributed by atoms with Crippen molar-refractivity contribution in [2.24, 2.45) is 7.05 Å². The van der Waals surface area contributed by atoms with E-state index >= 15 is 0 Å². The lowest BCUT2D eigenvalue weighted by Gasteiger charge is -2.20. The number of para-hydroxylation sites is 2. The predicted octanol–water partition coefficient (Wildman–Crippen LogP) is 3.98. The van der Waals surface area contributed by atoms with Gasteiger partial charge < -0.3 is 9.88 Å². The molecule has 1 N–H and O–H groups in total. The van der Waals surface area contributed by atoms with Crippen molar-refractivity contribution < 1.29 is 13.2 Å². The quantitative estimate of drug-likeness (QED) is 0.464. The zero-order chi connectivity index (χ0) is 22.9. The number of aromatic nitrogens is 2. The highest BCUT2D eigenvalue weighted by Gasteiger charge is 2.23. The van der Waals surface area contributed by atoms with Crippen LogP contribution in [-0.2, 0) is 23.6 Å². The zero-order valence-corrected chi connectivity index (χ0v) is 19.1. The molecule has 3 aromatic carbocycles. The molecule has 1 heterocycles. The molecule has 0 aliphatic carbocycles. The Labute approximate surface area is 191 Å². The normalized spacial score (nSPS) is 11.5. The van der Waals surface area contributed by atoms with E-state index in [1.165, 1.54) is 19.2 Å². The minimum absolute atomic E-state index is 0.00959. The highest BCUT2D eigenvalue weighted by molar-refractivity contribution is 7.92. The first-order valence-corrected chi connectivity index (χ1v) is 11.6. The Balaban J connectivity index is 1.54. The van der Waals surface area contributed by atoms with Gasteiger partial charge in [-0.15, -0.1) is 0 Å². The van der Waals surface area contributed by atoms with Gasteiger partial charge in [-0.3, -0.25) is 9.10 Å². The Hall–Kier alpha value is -3.36. The van der Waals surface area contributed by atoms with Gasteiger partial charge in [-0.05, 0) is 48.5 Å². The van der Waals surface area contributed by atoms with Gasteiger partial charge in [0, 0.05) is 24.7 Å². The number of imidazole rings is 1. The number of benzene rings is 3. The summed E-state index contributed by atoms with van der Waals surface area (Å²) in [5.74, 6) is 0.309. The summed E-state index contributed by atoms with van der Waals surface area (Å²) >= 11 is 5.99. The Kier molecular flexibility index (Phi) is 5.90. The molecular weight excluding hydrogens is 448 g/mol. The van der Waals surface area contributed by atoms with Gasteiger partial charge in [0.1, 0.15) is 5.82 Å². The van der Waals surface area contributed by atoms with Gasteiger partial charge in [-0.1, -0.05) is 35.9 Å². The van der Waals surface area contributed by atoms with E-state index in [9.17, 15) is 13.2 Å². The first kappa shape index (κ1) is 21.9. The number of halogens is 1. The molecule has 0 unspecified atom stereocenters. The number of rotatable bonds is 6. The van der Waals surface area contributed by atoms with Crippen molar-refractivity contribution in [2.75, 3.05) is 11.4 Å². The van der Waals surface area contributed by atoms with Crippen LogP contribution in [0.2, 0.25) is 5.02 Å². The van der Waals surface area contributed by atoms with Gasteiger partial charge in [-0.2, -0.15) is 0 Å². The van der Waals surface area contributed by atoms with E-state index < -0.39 is 10.0 Å². The Morgan fingerprint density at radius 3 is 2.56 bits per heavy atom. The number of amides is 1. The van der Waals surface area contributed by atoms with Crippen LogP contribution in [0.25, 0.3) is 11.0 Å². The summed E-state index contributed by atoms with van der Waals surface area (Å²) in [5.41, 5.74) is 2.48. The summed E-state index contributed by atoms with van der Waals surface area (Å²) in [6.45, 7) is 0.212. The second-order valence-corrected chi connectivity index (χ2v) is 9.64. The molecule has 0 saturated heterocycles. The molecule has 1 aromatic heterocycles. The molecule has 0 spiro atoms. The van der Waals surface area contributed by atoms with Crippen molar-refractivity contribution in [3.05, 3.63) is 89.2 Å². The monoisotopic (exact) mass is 468 g/mol. The Morgan fingerprint density at radius 2 is 1.81 bits per heavy atom. The van der Waals surface area contributed by atoms with E-state index in [-0.39, 0.29) is 22.9 Å². The highest BCUT2D eigenvalue weighted by atomic mass is 35.5. The Bertz CT molecular complexity index is 1420. The number of hydrogen-bond acceptors (Lipinski definition) is 4. The van der Waals surface area contributed by atoms with Crippen molar-refractivity contribution >= 4 is 44.3 Å². The molecular formula is C23H21ClN4O3S. The highest BCUT2D eigenvalue weighted by Crippen LogP contribution is 2.25. The topological polar surface area (TPSA) is 84.3 Å². The van der Waals surface area contributed by atoms with E-state index in [0.717, 1.165) is 15.3 Å². The molecule has 4 rings (SSSR count). The number of carbonyl (C=O) groups is 1. The summed E-state index contributed by atoms with van der Waals surface area (Å²) in [4.78, 5) is 17.3. The maximum absolute atomic E-state index is 13.1. The number of carbonyl (C=O) groups excluding carboxylic acids is 1. The minimum Gasteiger partial charge on any atom is -0.345 e. The lowest BCUT2D eigenvalue weighted by molar-refractivity contribution is 0.0949. The van der Waals surface area contributed by atoms with Gasteiger partial charge in [0.05, 0.1) is 28.2 Å². The van der Waals surface area contributed by atoms with E-state index in [2.05, 4.69) is 10.3 Å². The molecule has 0 aliphatic rings. The van der Waals surface area contributed by atoms with Crippen molar-refractivity contribution in [3.8, 4) is 0 Å². The van der Waals surface area contributed by atoms with Crippen LogP contribution < -0.4 is 9.62 Å². The van der Waals surface area contributed by atoms with Gasteiger partial charge in [0.25, 0.3) is 15.9 Å². The number of nitrogens with one attached hydrogen (secondary N) is 1. The number of anilines is 1. The lowest BCUT2D eigenvalue weighted by Crippen LogP contribution is -2.28. The average molecular weight is 469 g/mol. The minimum atomic E-state index is -3.88. The van der Waals surface area contributed by atoms with Crippen molar-refractivity contribution in [1.82, 2.24) is 14.9 Å². The molecule has 0 atom stereocenters. The van der Waals surface area contributed by atoms with Gasteiger partial charge in [0.2, 0.25) is 0 Å². The molecule has 0 radical (unpaired) electrons. The molecule has 1 amide bonds. The second kappa shape index (κ2) is 8.64. The molecule has 9 heteroatoms. The summed E-state index contributed by atoms with van der Waals surface area (Å²) < 4.78 is 29.2. The fraction of sp³-hybridized carbons (Fsp3) is 0.130. The fourth-order valence-electron chi connectivity index (χ4n) is 3.38. The van der Waals surface area contributed by atoms with Crippen LogP contribution in [0.1, 0.15) is 16.2 Å². The fourth-order valence-corrected chi connectivity index (χ4v) is 4.80. The molecule has 4 aromatic rings. The molecule has 7 nitrogen and oxygen atoms in total. The van der Waals surface area contributed by atoms with Crippen molar-refractivity contribution in [3.63, 3.8) is 0 Å². The predicted molar refractivity (Wildman–Crippen MR) is 125 cm³/mol. The number of nitrogens with zero attached hydrogens (tertiary/aromatic N) is 3. The van der Waals surface area contributed by atoms with Crippen LogP contribution in [0.15, 0.2) is 77.7 Å². The van der Waals surface area contributed by atoms with Crippen LogP contribution in [0.5, 0.6) is 0 Å². The van der Waals surface area contributed by atoms with Crippen LogP contribution in [-0.4, -0.2) is 30.9 Å². The number of hydrogen-bond donors (Lipinski definition) is 1. The van der Waals surface area contributed by atoms with E-state index in [4.69, 9.17) is 11.6 Å². The van der Waals surface area contributed by atoms with Crippen molar-refractivity contribution in [2.45, 2.75) is 11.4 Å². The van der Waals surface area contributed by atoms with E-state index in [1.54, 1.807) is 36.4 Å². The molecule has 0 bridgehead atoms. The SMILES string of the molecule is CN(c1cccc(Cl)c1)S(=O)(=O)c1cccc(C(=O)NCc2nc3ccccc3n2C)c1. The standard InChI is InChI=1S/C23H21ClN4O3S/c1-27-21-12-4-3-11-20(21)26-22(27)15-25-23(29)16-7-5-10-19(13-16)32(30,31)28(2)18-9-6-8-17(24)14-18/h3-14H,15H2,1-2H3,(H,25,29). The van der Waals surface area contributed by atoms with Crippen LogP contribution in [0.4, 0.5) is 5.69 Å². The van der Waals surface area contributed by atoms with Crippen LogP contribution >= 0.6 is 11.6 Å². The third-order valence-electron chi connectivity index (χ3n) is 5.21. The Morgan fingerprint density at radius 1 is 1.06 bits per heavy atom. The van der Waals surface area contributed by atoms with Gasteiger partial charge in [-0.25, -0.2) is 13.4 Å². The third kappa shape index (κ3) is 4.19. The number of fused-ring (bicyclic) bond motifs is 1. The zero-order valence-electron chi connectivity index (χ0n) is 17.5. The summed E-state index contributed by atoms with van der Waals surface area (Å²) in [6.07, 6.45) is 0. The maximum Gasteiger partial charge on any atom is 0.264 e. The number of sulfonamides is 1. The summed E-state index contributed by atoms with van der Waals surface area (Å²) in [7, 11) is -0.549. The van der Waals surface area contributed by atoms with E-state index in [0.29, 0.717) is 16.5 Å². The summed E-state index contributed by atoms with van der Waals surface area (Å²) in [5, 5.41) is 3.25. The molecule has 32 heavy (non-hydrogen) atoms. The third-order valence-corrected chi connectivity index (χ3v) is 7.23. The van der Waals surface area contributed by atoms with Gasteiger partial charge in [0.15, 0.2) is 0 Å². The lowest BCUT2D eigenvalue weighted by atomic mass is 10.2. The molecule has 0 aliphatic heterocycles. The molecule has 0 saturated carbocycles. The average Bonchev–Trinajstić information content (AvgIpc) is 3.12. The molecule has 164 valence electrons. The summed E-state index contributed by atoms with van der Waals surface area (Å²) in [6, 6.07) is 20.2. The van der Waals surface area contributed by atoms with Crippen LogP contribution in [0, 0.1) is 0 Å². The van der Waals surface area contributed by atoms with E-state index in [1.807, 2.05) is 35.9 Å². The van der Waals surface area contributed by atoms with Crippen LogP contribution in [0.3, 0.4) is 0 Å². The molecule has 0 fully saturated rings. The van der Waals surface area contributed by atoms with Gasteiger partial charge >= 0.3 is 0 Å².